The second-order valence-corrected chi connectivity index (χ2v) is 7.95. The van der Waals surface area contributed by atoms with Crippen molar-refractivity contribution in [1.82, 2.24) is 0 Å². The molecule has 2 heterocycles. The summed E-state index contributed by atoms with van der Waals surface area (Å²) in [6, 6.07) is 0. The van der Waals surface area contributed by atoms with Crippen molar-refractivity contribution >= 4 is 0 Å². The van der Waals surface area contributed by atoms with Crippen LogP contribution in [0.4, 0.5) is 0 Å². The van der Waals surface area contributed by atoms with Gasteiger partial charge in [0.25, 0.3) is 0 Å². The second-order valence-electron chi connectivity index (χ2n) is 7.95. The molecule has 2 aliphatic rings. The van der Waals surface area contributed by atoms with Crippen molar-refractivity contribution < 1.29 is 34.3 Å². The van der Waals surface area contributed by atoms with E-state index in [1.807, 2.05) is 0 Å². The first-order valence-corrected chi connectivity index (χ1v) is 10.6. The Morgan fingerprint density at radius 2 is 1.29 bits per heavy atom. The molecule has 0 spiro atoms. The van der Waals surface area contributed by atoms with E-state index in [0.717, 1.165) is 12.8 Å². The van der Waals surface area contributed by atoms with Crippen molar-refractivity contribution in [3.8, 4) is 0 Å². The number of aliphatic hydroxyl groups excluding tert-OH is 3. The topological polar surface area (TPSA) is 97.6 Å². The van der Waals surface area contributed by atoms with Crippen molar-refractivity contribution in [2.75, 3.05) is 27.4 Å². The van der Waals surface area contributed by atoms with Crippen molar-refractivity contribution in [2.24, 2.45) is 11.8 Å². The smallest absolute Gasteiger partial charge is 0.0884 e. The van der Waals surface area contributed by atoms with Gasteiger partial charge in [-0.1, -0.05) is 27.7 Å². The normalized spacial score (nSPS) is 38.9. The summed E-state index contributed by atoms with van der Waals surface area (Å²) < 4.78 is 22.4. The van der Waals surface area contributed by atoms with Crippen LogP contribution in [-0.4, -0.2) is 85.5 Å². The molecule has 3 N–H and O–H groups in total. The Bertz CT molecular complexity index is 406. The number of hydrogen-bond donors (Lipinski definition) is 3. The van der Waals surface area contributed by atoms with Gasteiger partial charge >= 0.3 is 0 Å². The second kappa shape index (κ2) is 13.1. The molecule has 7 nitrogen and oxygen atoms in total. The van der Waals surface area contributed by atoms with E-state index < -0.39 is 6.10 Å². The van der Waals surface area contributed by atoms with E-state index in [0.29, 0.717) is 30.8 Å². The summed E-state index contributed by atoms with van der Waals surface area (Å²) in [7, 11) is 3.38. The summed E-state index contributed by atoms with van der Waals surface area (Å²) in [5, 5.41) is 27.0. The lowest BCUT2D eigenvalue weighted by molar-refractivity contribution is -0.0404. The molecule has 2 fully saturated rings. The van der Waals surface area contributed by atoms with Crippen LogP contribution in [0.5, 0.6) is 0 Å². The van der Waals surface area contributed by atoms with Gasteiger partial charge in [-0.05, 0) is 19.3 Å². The average Bonchev–Trinajstić information content (AvgIpc) is 3.17. The Balaban J connectivity index is 0.000000283. The molecule has 9 atom stereocenters. The van der Waals surface area contributed by atoms with Gasteiger partial charge in [-0.2, -0.15) is 0 Å². The van der Waals surface area contributed by atoms with Crippen LogP contribution in [0, 0.1) is 11.8 Å². The Morgan fingerprint density at radius 3 is 1.68 bits per heavy atom. The Hall–Kier alpha value is -0.280. The van der Waals surface area contributed by atoms with Crippen LogP contribution < -0.4 is 0 Å². The predicted molar refractivity (Wildman–Crippen MR) is 107 cm³/mol. The van der Waals surface area contributed by atoms with Crippen molar-refractivity contribution in [3.05, 3.63) is 0 Å². The van der Waals surface area contributed by atoms with E-state index in [2.05, 4.69) is 27.7 Å². The predicted octanol–water partition coefficient (Wildman–Crippen LogP) is 1.76. The molecule has 0 saturated carbocycles. The minimum atomic E-state index is -0.713. The Kier molecular flexibility index (Phi) is 12.1. The van der Waals surface area contributed by atoms with E-state index in [1.165, 1.54) is 0 Å². The van der Waals surface area contributed by atoms with Crippen LogP contribution >= 0.6 is 0 Å². The maximum absolute atomic E-state index is 9.39. The SMILES string of the molecule is CCC1OC(CC(O)CO)C(OC)C1C.CCC1OC(CCO)C(OC)C1C. The summed E-state index contributed by atoms with van der Waals surface area (Å²) in [5.41, 5.74) is 0. The lowest BCUT2D eigenvalue weighted by Crippen LogP contribution is -2.32. The highest BCUT2D eigenvalue weighted by atomic mass is 16.6. The summed E-state index contributed by atoms with van der Waals surface area (Å²) in [4.78, 5) is 0. The van der Waals surface area contributed by atoms with Crippen molar-refractivity contribution in [3.63, 3.8) is 0 Å². The molecule has 0 aromatic heterocycles. The average molecular weight is 407 g/mol. The van der Waals surface area contributed by atoms with Gasteiger partial charge in [0.05, 0.1) is 49.3 Å². The van der Waals surface area contributed by atoms with E-state index >= 15 is 0 Å². The molecule has 0 bridgehead atoms. The van der Waals surface area contributed by atoms with Crippen LogP contribution in [0.2, 0.25) is 0 Å². The highest BCUT2D eigenvalue weighted by molar-refractivity contribution is 4.90. The Morgan fingerprint density at radius 1 is 0.821 bits per heavy atom. The van der Waals surface area contributed by atoms with Gasteiger partial charge in [0.1, 0.15) is 0 Å². The maximum atomic E-state index is 9.39. The first-order valence-electron chi connectivity index (χ1n) is 10.6. The summed E-state index contributed by atoms with van der Waals surface area (Å²) in [5.74, 6) is 0.780. The molecule has 2 rings (SSSR count). The molecule has 28 heavy (non-hydrogen) atoms. The Labute approximate surface area is 170 Å². The molecule has 168 valence electrons. The molecular weight excluding hydrogens is 364 g/mol. The first kappa shape index (κ1) is 25.8. The van der Waals surface area contributed by atoms with Crippen molar-refractivity contribution in [2.45, 2.75) is 96.1 Å². The van der Waals surface area contributed by atoms with Gasteiger partial charge in [0.2, 0.25) is 0 Å². The van der Waals surface area contributed by atoms with Crippen LogP contribution in [-0.2, 0) is 18.9 Å². The molecule has 9 unspecified atom stereocenters. The number of methoxy groups -OCH3 is 2. The molecular formula is C21H42O7. The van der Waals surface area contributed by atoms with Gasteiger partial charge in [-0.25, -0.2) is 0 Å². The van der Waals surface area contributed by atoms with Crippen LogP contribution in [0.15, 0.2) is 0 Å². The highest BCUT2D eigenvalue weighted by Crippen LogP contribution is 2.33. The largest absolute Gasteiger partial charge is 0.396 e. The molecule has 0 aromatic rings. The monoisotopic (exact) mass is 406 g/mol. The van der Waals surface area contributed by atoms with E-state index in [9.17, 15) is 5.11 Å². The molecule has 2 aliphatic heterocycles. The minimum absolute atomic E-state index is 0.0242. The van der Waals surface area contributed by atoms with E-state index in [4.69, 9.17) is 29.2 Å². The molecule has 7 heteroatoms. The molecule has 2 saturated heterocycles. The minimum Gasteiger partial charge on any atom is -0.396 e. The van der Waals surface area contributed by atoms with Gasteiger partial charge in [0, 0.05) is 39.1 Å². The fourth-order valence-corrected chi connectivity index (χ4v) is 4.51. The fraction of sp³-hybridized carbons (Fsp3) is 1.00. The molecule has 0 radical (unpaired) electrons. The fourth-order valence-electron chi connectivity index (χ4n) is 4.51. The molecule has 0 aromatic carbocycles. The number of rotatable bonds is 9. The number of aliphatic hydroxyl groups is 3. The van der Waals surface area contributed by atoms with Gasteiger partial charge in [-0.3, -0.25) is 0 Å². The number of ether oxygens (including phenoxy) is 4. The third-order valence-electron chi connectivity index (χ3n) is 6.12. The van der Waals surface area contributed by atoms with E-state index in [1.54, 1.807) is 14.2 Å². The zero-order chi connectivity index (χ0) is 21.3. The van der Waals surface area contributed by atoms with Crippen molar-refractivity contribution in [1.29, 1.82) is 0 Å². The quantitative estimate of drug-likeness (QED) is 0.537. The van der Waals surface area contributed by atoms with Crippen LogP contribution in [0.3, 0.4) is 0 Å². The summed E-state index contributed by atoms with van der Waals surface area (Å²) in [6.45, 7) is 8.41. The van der Waals surface area contributed by atoms with Gasteiger partial charge in [0.15, 0.2) is 0 Å². The van der Waals surface area contributed by atoms with Gasteiger partial charge in [-0.15, -0.1) is 0 Å². The summed E-state index contributed by atoms with van der Waals surface area (Å²) >= 11 is 0. The number of hydrogen-bond acceptors (Lipinski definition) is 7. The zero-order valence-electron chi connectivity index (χ0n) is 18.4. The highest BCUT2D eigenvalue weighted by Gasteiger charge is 2.42. The summed E-state index contributed by atoms with van der Waals surface area (Å²) in [6.07, 6.45) is 3.02. The standard InChI is InChI=1S/C11H22O4.C10H20O3/c1-4-9-7(2)11(14-3)10(15-9)5-8(13)6-12;1-4-8-7(2)10(12-3)9(13-8)5-6-11/h7-13H,4-6H2,1-3H3;7-11H,4-6H2,1-3H3. The van der Waals surface area contributed by atoms with E-state index in [-0.39, 0.29) is 43.7 Å². The third-order valence-corrected chi connectivity index (χ3v) is 6.12. The third kappa shape index (κ3) is 6.62. The van der Waals surface area contributed by atoms with Crippen LogP contribution in [0.1, 0.15) is 53.4 Å². The lowest BCUT2D eigenvalue weighted by Gasteiger charge is -2.20. The van der Waals surface area contributed by atoms with Crippen LogP contribution in [0.25, 0.3) is 0 Å². The zero-order valence-corrected chi connectivity index (χ0v) is 18.4. The first-order chi connectivity index (χ1) is 13.4. The lowest BCUT2D eigenvalue weighted by atomic mass is 9.95. The maximum Gasteiger partial charge on any atom is 0.0884 e. The molecule has 0 aliphatic carbocycles. The van der Waals surface area contributed by atoms with Gasteiger partial charge < -0.3 is 34.3 Å². The molecule has 0 amide bonds.